The van der Waals surface area contributed by atoms with E-state index in [4.69, 9.17) is 4.65 Å². The summed E-state index contributed by atoms with van der Waals surface area (Å²) in [6, 6.07) is 0. The van der Waals surface area contributed by atoms with Gasteiger partial charge in [-0.25, -0.2) is 0 Å². The van der Waals surface area contributed by atoms with Crippen LogP contribution in [-0.4, -0.2) is 32.0 Å². The Hall–Kier alpha value is 0.908. The normalized spacial score (nSPS) is 13.4. The SMILES string of the molecule is C[C]1C(C)=C(C)C(C)=C1C.C[Se].C[Se].[C-]#[O+].[Ir]. The summed E-state index contributed by atoms with van der Waals surface area (Å²) < 4.78 is 7.50. The van der Waals surface area contributed by atoms with Crippen LogP contribution >= 0.6 is 0 Å². The van der Waals surface area contributed by atoms with Gasteiger partial charge in [0.2, 0.25) is 0 Å². The van der Waals surface area contributed by atoms with Gasteiger partial charge in [0, 0.05) is 26.0 Å². The predicted octanol–water partition coefficient (Wildman–Crippen LogP) is 3.63. The van der Waals surface area contributed by atoms with Gasteiger partial charge in [0.1, 0.15) is 0 Å². The summed E-state index contributed by atoms with van der Waals surface area (Å²) in [4.78, 5) is 0. The third-order valence-corrected chi connectivity index (χ3v) is 2.81. The molecule has 17 heavy (non-hydrogen) atoms. The van der Waals surface area contributed by atoms with Crippen molar-refractivity contribution in [2.45, 2.75) is 46.3 Å². The summed E-state index contributed by atoms with van der Waals surface area (Å²) >= 11 is 5.25. The minimum atomic E-state index is 0. The molecule has 100 valence electrons. The fraction of sp³-hybridized carbons (Fsp3) is 0.538. The summed E-state index contributed by atoms with van der Waals surface area (Å²) in [6.07, 6.45) is 0. The van der Waals surface area contributed by atoms with E-state index in [1.165, 1.54) is 28.2 Å². The first-order chi connectivity index (χ1) is 7.55. The summed E-state index contributed by atoms with van der Waals surface area (Å²) in [6.45, 7) is 15.5. The van der Waals surface area contributed by atoms with Crippen LogP contribution in [0.2, 0.25) is 11.6 Å². The molecule has 1 rings (SSSR count). The third kappa shape index (κ3) is 8.60. The van der Waals surface area contributed by atoms with E-state index < -0.39 is 0 Å². The molecular formula is C13H21IrOSe2. The Morgan fingerprint density at radius 2 is 0.824 bits per heavy atom. The predicted molar refractivity (Wildman–Crippen MR) is 72.8 cm³/mol. The monoisotopic (exact) mass is 546 g/mol. The molecule has 0 spiro atoms. The molecule has 0 saturated heterocycles. The Balaban J connectivity index is -0.000000106. The van der Waals surface area contributed by atoms with E-state index in [-0.39, 0.29) is 20.1 Å². The zero-order chi connectivity index (χ0) is 13.9. The van der Waals surface area contributed by atoms with Gasteiger partial charge >= 0.3 is 55.0 Å². The molecule has 4 radical (unpaired) electrons. The Kier molecular flexibility index (Phi) is 26.3. The van der Waals surface area contributed by atoms with Crippen molar-refractivity contribution < 1.29 is 24.8 Å². The molecule has 0 atom stereocenters. The average molecular weight is 543 g/mol. The van der Waals surface area contributed by atoms with Crippen LogP contribution in [0.4, 0.5) is 0 Å². The summed E-state index contributed by atoms with van der Waals surface area (Å²) in [7, 11) is 0. The summed E-state index contributed by atoms with van der Waals surface area (Å²) in [5.41, 5.74) is 5.87. The van der Waals surface area contributed by atoms with E-state index in [1.807, 2.05) is 11.6 Å². The first-order valence-electron chi connectivity index (χ1n) is 4.77. The molecular weight excluding hydrogens is 522 g/mol. The van der Waals surface area contributed by atoms with Crippen molar-refractivity contribution in [2.24, 2.45) is 0 Å². The molecule has 0 N–H and O–H groups in total. The van der Waals surface area contributed by atoms with Crippen molar-refractivity contribution in [3.05, 3.63) is 34.9 Å². The fourth-order valence-electron chi connectivity index (χ4n) is 1.41. The second-order valence-electron chi connectivity index (χ2n) is 3.12. The molecule has 1 aliphatic carbocycles. The molecule has 0 aromatic rings. The van der Waals surface area contributed by atoms with Crippen LogP contribution in [0.5, 0.6) is 0 Å². The van der Waals surface area contributed by atoms with Crippen LogP contribution < -0.4 is 0 Å². The number of hydrogen-bond donors (Lipinski definition) is 0. The van der Waals surface area contributed by atoms with Gasteiger partial charge < -0.3 is 0 Å². The summed E-state index contributed by atoms with van der Waals surface area (Å²) in [5, 5.41) is 0. The van der Waals surface area contributed by atoms with Gasteiger partial charge in [-0.3, -0.25) is 0 Å². The third-order valence-electron chi connectivity index (χ3n) is 2.81. The Morgan fingerprint density at radius 1 is 0.647 bits per heavy atom. The van der Waals surface area contributed by atoms with E-state index >= 15 is 0 Å². The molecule has 0 bridgehead atoms. The second kappa shape index (κ2) is 16.9. The van der Waals surface area contributed by atoms with Crippen molar-refractivity contribution in [3.8, 4) is 0 Å². The van der Waals surface area contributed by atoms with Crippen molar-refractivity contribution >= 4 is 32.0 Å². The maximum absolute atomic E-state index is 7.50. The van der Waals surface area contributed by atoms with Crippen LogP contribution in [0, 0.1) is 12.6 Å². The Bertz CT molecular complexity index is 244. The van der Waals surface area contributed by atoms with Crippen molar-refractivity contribution in [3.63, 3.8) is 0 Å². The van der Waals surface area contributed by atoms with Gasteiger partial charge in [0.05, 0.1) is 0 Å². The van der Waals surface area contributed by atoms with Gasteiger partial charge in [0.25, 0.3) is 0 Å². The number of hydrogen-bond acceptors (Lipinski definition) is 0. The maximum Gasteiger partial charge on any atom is 0 e. The van der Waals surface area contributed by atoms with Crippen LogP contribution in [0.25, 0.3) is 0 Å². The molecule has 1 nitrogen and oxygen atoms in total. The molecule has 0 aromatic carbocycles. The molecule has 4 heteroatoms. The molecule has 1 aliphatic rings. The Morgan fingerprint density at radius 3 is 0.882 bits per heavy atom. The van der Waals surface area contributed by atoms with Crippen LogP contribution in [0.3, 0.4) is 0 Å². The number of allylic oxidation sites excluding steroid dienone is 4. The van der Waals surface area contributed by atoms with E-state index in [9.17, 15) is 0 Å². The van der Waals surface area contributed by atoms with Crippen LogP contribution in [0.1, 0.15) is 34.6 Å². The van der Waals surface area contributed by atoms with Gasteiger partial charge in [-0.1, -0.05) is 18.1 Å². The summed E-state index contributed by atoms with van der Waals surface area (Å²) in [5.74, 6) is 5.22. The van der Waals surface area contributed by atoms with E-state index in [2.05, 4.69) is 73.3 Å². The largest absolute Gasteiger partial charge is 0 e. The first kappa shape index (κ1) is 26.5. The van der Waals surface area contributed by atoms with Crippen molar-refractivity contribution in [1.29, 1.82) is 0 Å². The zero-order valence-corrected chi connectivity index (χ0v) is 17.4. The molecule has 0 fully saturated rings. The second-order valence-corrected chi connectivity index (χ2v) is 3.12. The smallest absolute Gasteiger partial charge is 0 e. The molecule has 0 aliphatic heterocycles. The van der Waals surface area contributed by atoms with Gasteiger partial charge in [-0.2, -0.15) is 0 Å². The van der Waals surface area contributed by atoms with Gasteiger partial charge in [-0.05, 0) is 38.8 Å². The van der Waals surface area contributed by atoms with Crippen molar-refractivity contribution in [1.82, 2.24) is 0 Å². The minimum Gasteiger partial charge on any atom is 0 e. The Labute approximate surface area is 137 Å². The quantitative estimate of drug-likeness (QED) is 0.253. The number of rotatable bonds is 0. The first-order valence-corrected chi connectivity index (χ1v) is 8.20. The van der Waals surface area contributed by atoms with E-state index in [0.29, 0.717) is 0 Å². The average Bonchev–Trinajstić information content (AvgIpc) is 2.55. The standard InChI is InChI=1S/C10H15.CO.2CH3Se.Ir/c1-6-7(2)9(4)10(5)8(6)3;3*1-2;/h1-5H3;;2*1H3;. The van der Waals surface area contributed by atoms with Crippen LogP contribution in [-0.2, 0) is 24.8 Å². The minimum absolute atomic E-state index is 0. The zero-order valence-electron chi connectivity index (χ0n) is 11.6. The van der Waals surface area contributed by atoms with Crippen molar-refractivity contribution in [2.75, 3.05) is 0 Å². The van der Waals surface area contributed by atoms with E-state index in [0.717, 1.165) is 0 Å². The molecule has 0 unspecified atom stereocenters. The topological polar surface area (TPSA) is 19.9 Å². The van der Waals surface area contributed by atoms with Crippen LogP contribution in [0.15, 0.2) is 22.3 Å². The van der Waals surface area contributed by atoms with E-state index in [1.54, 1.807) is 0 Å². The fourth-order valence-corrected chi connectivity index (χ4v) is 1.41. The van der Waals surface area contributed by atoms with Gasteiger partial charge in [0.15, 0.2) is 0 Å². The van der Waals surface area contributed by atoms with Gasteiger partial charge in [-0.15, -0.1) is 0 Å². The molecule has 0 heterocycles. The maximum atomic E-state index is 7.50. The molecule has 0 aromatic heterocycles. The molecule has 0 amide bonds. The molecule has 0 saturated carbocycles.